The van der Waals surface area contributed by atoms with Gasteiger partial charge in [0.25, 0.3) is 0 Å². The summed E-state index contributed by atoms with van der Waals surface area (Å²) in [6.07, 6.45) is 1.70. The minimum absolute atomic E-state index is 0.315. The first kappa shape index (κ1) is 13.6. The number of anilines is 1. The Balaban J connectivity index is 1.94. The summed E-state index contributed by atoms with van der Waals surface area (Å²) in [7, 11) is 0. The van der Waals surface area contributed by atoms with Gasteiger partial charge in [-0.1, -0.05) is 31.2 Å². The van der Waals surface area contributed by atoms with Crippen LogP contribution in [0.1, 0.15) is 34.1 Å². The second kappa shape index (κ2) is 5.56. The molecule has 0 spiro atoms. The zero-order valence-electron chi connectivity index (χ0n) is 12.0. The number of aryl methyl sites for hydroxylation is 1. The molecule has 108 valence electrons. The number of nitrogens with zero attached hydrogens (tertiary/aromatic N) is 2. The predicted octanol–water partition coefficient (Wildman–Crippen LogP) is 2.90. The highest BCUT2D eigenvalue weighted by molar-refractivity contribution is 5.88. The summed E-state index contributed by atoms with van der Waals surface area (Å²) in [4.78, 5) is 18.0. The molecular weight excluding hydrogens is 264 g/mol. The maximum Gasteiger partial charge on any atom is 0.335 e. The molecule has 0 saturated carbocycles. The zero-order chi connectivity index (χ0) is 14.8. The Kier molecular flexibility index (Phi) is 3.60. The maximum absolute atomic E-state index is 11.3. The molecule has 1 aromatic heterocycles. The van der Waals surface area contributed by atoms with Gasteiger partial charge in [-0.2, -0.15) is 0 Å². The zero-order valence-corrected chi connectivity index (χ0v) is 12.0. The minimum atomic E-state index is -0.897. The fourth-order valence-electron chi connectivity index (χ4n) is 2.73. The van der Waals surface area contributed by atoms with Crippen LogP contribution in [0.5, 0.6) is 0 Å². The number of aromatic nitrogens is 1. The van der Waals surface area contributed by atoms with Crippen LogP contribution in [0.2, 0.25) is 0 Å². The summed E-state index contributed by atoms with van der Waals surface area (Å²) in [5, 5.41) is 9.24. The molecule has 0 atom stereocenters. The molecule has 3 rings (SSSR count). The van der Waals surface area contributed by atoms with Crippen molar-refractivity contribution in [1.82, 2.24) is 4.98 Å². The van der Waals surface area contributed by atoms with Crippen LogP contribution >= 0.6 is 0 Å². The Morgan fingerprint density at radius 3 is 2.76 bits per heavy atom. The number of fused-ring (bicyclic) bond motifs is 1. The van der Waals surface area contributed by atoms with Crippen molar-refractivity contribution >= 4 is 11.8 Å². The van der Waals surface area contributed by atoms with Gasteiger partial charge in [-0.15, -0.1) is 0 Å². The van der Waals surface area contributed by atoms with Crippen molar-refractivity contribution in [3.05, 3.63) is 58.8 Å². The Hall–Kier alpha value is -2.36. The van der Waals surface area contributed by atoms with Crippen LogP contribution in [0.25, 0.3) is 0 Å². The third-order valence-corrected chi connectivity index (χ3v) is 3.93. The van der Waals surface area contributed by atoms with Gasteiger partial charge in [-0.05, 0) is 36.1 Å². The van der Waals surface area contributed by atoms with Gasteiger partial charge in [0.15, 0.2) is 0 Å². The first-order valence-corrected chi connectivity index (χ1v) is 7.23. The third kappa shape index (κ3) is 2.75. The average Bonchev–Trinajstić information content (AvgIpc) is 2.53. The van der Waals surface area contributed by atoms with Crippen LogP contribution in [0.15, 0.2) is 36.4 Å². The van der Waals surface area contributed by atoms with Gasteiger partial charge < -0.3 is 10.0 Å². The van der Waals surface area contributed by atoms with Gasteiger partial charge in [0.05, 0.1) is 5.56 Å². The molecule has 0 radical (unpaired) electrons. The summed E-state index contributed by atoms with van der Waals surface area (Å²) >= 11 is 0. The number of benzene rings is 1. The van der Waals surface area contributed by atoms with Crippen LogP contribution in [0, 0.1) is 0 Å². The Bertz CT molecular complexity index is 682. The molecule has 2 aromatic rings. The molecule has 0 aliphatic carbocycles. The van der Waals surface area contributed by atoms with Crippen molar-refractivity contribution in [3.63, 3.8) is 0 Å². The Labute approximate surface area is 124 Å². The molecular formula is C17H18N2O2. The summed E-state index contributed by atoms with van der Waals surface area (Å²) < 4.78 is 0. The van der Waals surface area contributed by atoms with E-state index in [0.717, 1.165) is 37.4 Å². The summed E-state index contributed by atoms with van der Waals surface area (Å²) in [6.45, 7) is 3.65. The first-order valence-electron chi connectivity index (χ1n) is 7.23. The molecule has 0 fully saturated rings. The molecule has 1 aliphatic rings. The van der Waals surface area contributed by atoms with Crippen molar-refractivity contribution in [2.24, 2.45) is 0 Å². The second-order valence-electron chi connectivity index (χ2n) is 5.30. The average molecular weight is 282 g/mol. The van der Waals surface area contributed by atoms with Crippen molar-refractivity contribution in [1.29, 1.82) is 0 Å². The van der Waals surface area contributed by atoms with Gasteiger partial charge in [-0.25, -0.2) is 9.78 Å². The van der Waals surface area contributed by atoms with E-state index in [-0.39, 0.29) is 0 Å². The highest BCUT2D eigenvalue weighted by Gasteiger charge is 2.18. The number of pyridine rings is 1. The molecule has 0 bridgehead atoms. The molecule has 1 N–H and O–H groups in total. The quantitative estimate of drug-likeness (QED) is 0.940. The lowest BCUT2D eigenvalue weighted by Gasteiger charge is -2.30. The molecule has 0 saturated heterocycles. The molecule has 1 aliphatic heterocycles. The van der Waals surface area contributed by atoms with Crippen LogP contribution in [0.4, 0.5) is 5.82 Å². The van der Waals surface area contributed by atoms with E-state index in [4.69, 9.17) is 0 Å². The van der Waals surface area contributed by atoms with E-state index in [1.165, 1.54) is 11.1 Å². The maximum atomic E-state index is 11.3. The third-order valence-electron chi connectivity index (χ3n) is 3.93. The first-order chi connectivity index (χ1) is 10.2. The molecule has 21 heavy (non-hydrogen) atoms. The smallest absolute Gasteiger partial charge is 0.335 e. The van der Waals surface area contributed by atoms with E-state index >= 15 is 0 Å². The number of hydrogen-bond acceptors (Lipinski definition) is 3. The van der Waals surface area contributed by atoms with E-state index in [1.54, 1.807) is 12.1 Å². The largest absolute Gasteiger partial charge is 0.478 e. The number of carboxylic acid groups (broad SMARTS) is 1. The Morgan fingerprint density at radius 1 is 1.29 bits per heavy atom. The van der Waals surface area contributed by atoms with E-state index in [2.05, 4.69) is 28.1 Å². The molecule has 0 amide bonds. The van der Waals surface area contributed by atoms with Crippen molar-refractivity contribution in [3.8, 4) is 0 Å². The number of carboxylic acids is 1. The second-order valence-corrected chi connectivity index (χ2v) is 5.30. The number of aromatic carboxylic acids is 1. The highest BCUT2D eigenvalue weighted by Crippen LogP contribution is 2.24. The van der Waals surface area contributed by atoms with Crippen molar-refractivity contribution in [2.75, 3.05) is 11.4 Å². The van der Waals surface area contributed by atoms with Gasteiger partial charge >= 0.3 is 5.97 Å². The lowest BCUT2D eigenvalue weighted by atomic mass is 10.00. The van der Waals surface area contributed by atoms with Crippen LogP contribution in [-0.2, 0) is 19.4 Å². The Morgan fingerprint density at radius 2 is 2.05 bits per heavy atom. The van der Waals surface area contributed by atoms with Gasteiger partial charge in [-0.3, -0.25) is 0 Å². The standard InChI is InChI=1S/C17H18N2O2/c1-2-15-9-14(17(20)21)10-16(18-15)19-8-7-12-5-3-4-6-13(12)11-19/h3-6,9-10H,2,7-8,11H2,1H3,(H,20,21). The minimum Gasteiger partial charge on any atom is -0.478 e. The fourth-order valence-corrected chi connectivity index (χ4v) is 2.73. The van der Waals surface area contributed by atoms with Crippen molar-refractivity contribution < 1.29 is 9.90 Å². The SMILES string of the molecule is CCc1cc(C(=O)O)cc(N2CCc3ccccc3C2)n1. The van der Waals surface area contributed by atoms with Gasteiger partial charge in [0, 0.05) is 18.8 Å². The lowest BCUT2D eigenvalue weighted by Crippen LogP contribution is -2.31. The van der Waals surface area contributed by atoms with Gasteiger partial charge in [0.1, 0.15) is 5.82 Å². The molecule has 4 nitrogen and oxygen atoms in total. The topological polar surface area (TPSA) is 53.4 Å². The predicted molar refractivity (Wildman–Crippen MR) is 81.8 cm³/mol. The lowest BCUT2D eigenvalue weighted by molar-refractivity contribution is 0.0696. The number of rotatable bonds is 3. The normalized spacial score (nSPS) is 13.9. The molecule has 0 unspecified atom stereocenters. The monoisotopic (exact) mass is 282 g/mol. The molecule has 2 heterocycles. The molecule has 4 heteroatoms. The van der Waals surface area contributed by atoms with Crippen molar-refractivity contribution in [2.45, 2.75) is 26.3 Å². The molecule has 1 aromatic carbocycles. The van der Waals surface area contributed by atoms with E-state index < -0.39 is 5.97 Å². The summed E-state index contributed by atoms with van der Waals surface area (Å²) in [6, 6.07) is 11.7. The van der Waals surface area contributed by atoms with E-state index in [0.29, 0.717) is 5.56 Å². The van der Waals surface area contributed by atoms with Gasteiger partial charge in [0.2, 0.25) is 0 Å². The number of carbonyl (C=O) groups is 1. The summed E-state index contributed by atoms with van der Waals surface area (Å²) in [5.74, 6) is -0.132. The summed E-state index contributed by atoms with van der Waals surface area (Å²) in [5.41, 5.74) is 3.81. The van der Waals surface area contributed by atoms with Crippen LogP contribution in [-0.4, -0.2) is 22.6 Å². The number of hydrogen-bond donors (Lipinski definition) is 1. The fraction of sp³-hybridized carbons (Fsp3) is 0.294. The van der Waals surface area contributed by atoms with E-state index in [1.807, 2.05) is 13.0 Å². The van der Waals surface area contributed by atoms with Crippen LogP contribution in [0.3, 0.4) is 0 Å². The van der Waals surface area contributed by atoms with Crippen LogP contribution < -0.4 is 4.90 Å². The highest BCUT2D eigenvalue weighted by atomic mass is 16.4. The van der Waals surface area contributed by atoms with E-state index in [9.17, 15) is 9.90 Å².